The predicted molar refractivity (Wildman–Crippen MR) is 86.3 cm³/mol. The molecule has 2 unspecified atom stereocenters. The van der Waals surface area contributed by atoms with E-state index in [1.165, 1.54) is 35.7 Å². The van der Waals surface area contributed by atoms with Crippen LogP contribution in [0.5, 0.6) is 0 Å². The van der Waals surface area contributed by atoms with E-state index in [0.717, 1.165) is 11.8 Å². The van der Waals surface area contributed by atoms with Crippen LogP contribution >= 0.6 is 15.9 Å². The van der Waals surface area contributed by atoms with Gasteiger partial charge in [-0.05, 0) is 49.3 Å². The van der Waals surface area contributed by atoms with Crippen LogP contribution in [0.3, 0.4) is 0 Å². The van der Waals surface area contributed by atoms with Crippen molar-refractivity contribution in [1.82, 2.24) is 5.32 Å². The van der Waals surface area contributed by atoms with Gasteiger partial charge < -0.3 is 5.32 Å². The van der Waals surface area contributed by atoms with Gasteiger partial charge in [0.25, 0.3) is 0 Å². The van der Waals surface area contributed by atoms with Crippen molar-refractivity contribution < 1.29 is 0 Å². The van der Waals surface area contributed by atoms with E-state index in [0.29, 0.717) is 12.1 Å². The van der Waals surface area contributed by atoms with Crippen molar-refractivity contribution in [3.63, 3.8) is 0 Å². The second kappa shape index (κ2) is 6.90. The van der Waals surface area contributed by atoms with Crippen molar-refractivity contribution in [3.05, 3.63) is 34.3 Å². The van der Waals surface area contributed by atoms with Gasteiger partial charge in [-0.15, -0.1) is 0 Å². The Bertz CT molecular complexity index is 402. The van der Waals surface area contributed by atoms with Gasteiger partial charge in [-0.25, -0.2) is 0 Å². The molecule has 1 aliphatic rings. The Morgan fingerprint density at radius 2 is 2.00 bits per heavy atom. The lowest BCUT2D eigenvalue weighted by Crippen LogP contribution is -2.37. The number of hydrogen-bond acceptors (Lipinski definition) is 1. The molecule has 2 heteroatoms. The van der Waals surface area contributed by atoms with E-state index >= 15 is 0 Å². The highest BCUT2D eigenvalue weighted by Gasteiger charge is 2.25. The first kappa shape index (κ1) is 15.1. The van der Waals surface area contributed by atoms with Crippen molar-refractivity contribution in [2.45, 2.75) is 58.5 Å². The van der Waals surface area contributed by atoms with Gasteiger partial charge in [-0.3, -0.25) is 0 Å². The van der Waals surface area contributed by atoms with Crippen LogP contribution < -0.4 is 5.32 Å². The van der Waals surface area contributed by atoms with Gasteiger partial charge in [0.15, 0.2) is 0 Å². The first-order valence-corrected chi connectivity index (χ1v) is 8.37. The smallest absolute Gasteiger partial charge is 0.0294 e. The Labute approximate surface area is 126 Å². The molecule has 0 saturated heterocycles. The molecule has 0 radical (unpaired) electrons. The fraction of sp³-hybridized carbons (Fsp3) is 0.647. The second-order valence-corrected chi connectivity index (χ2v) is 7.23. The summed E-state index contributed by atoms with van der Waals surface area (Å²) in [4.78, 5) is 0. The Hall–Kier alpha value is -0.340. The molecule has 1 saturated carbocycles. The Morgan fingerprint density at radius 1 is 1.21 bits per heavy atom. The highest BCUT2D eigenvalue weighted by molar-refractivity contribution is 9.10. The normalized spacial score (nSPS) is 25.5. The van der Waals surface area contributed by atoms with Gasteiger partial charge in [0.2, 0.25) is 0 Å². The molecule has 1 N–H and O–H groups in total. The van der Waals surface area contributed by atoms with Crippen molar-refractivity contribution in [2.75, 3.05) is 0 Å². The molecule has 2 rings (SSSR count). The first-order chi connectivity index (χ1) is 9.06. The maximum atomic E-state index is 3.83. The zero-order valence-electron chi connectivity index (χ0n) is 12.3. The van der Waals surface area contributed by atoms with Crippen LogP contribution in [0.15, 0.2) is 28.7 Å². The van der Waals surface area contributed by atoms with Crippen molar-refractivity contribution >= 4 is 15.9 Å². The highest BCUT2D eigenvalue weighted by Crippen LogP contribution is 2.31. The van der Waals surface area contributed by atoms with Crippen LogP contribution in [0.4, 0.5) is 0 Å². The summed E-state index contributed by atoms with van der Waals surface area (Å²) in [6.45, 7) is 7.01. The second-order valence-electron chi connectivity index (χ2n) is 6.31. The van der Waals surface area contributed by atoms with Crippen LogP contribution in [0.2, 0.25) is 0 Å². The number of hydrogen-bond donors (Lipinski definition) is 1. The zero-order valence-corrected chi connectivity index (χ0v) is 13.9. The third kappa shape index (κ3) is 4.32. The van der Waals surface area contributed by atoms with Gasteiger partial charge in [0.05, 0.1) is 0 Å². The van der Waals surface area contributed by atoms with Crippen LogP contribution in [0, 0.1) is 11.8 Å². The first-order valence-electron chi connectivity index (χ1n) is 7.57. The highest BCUT2D eigenvalue weighted by atomic mass is 79.9. The molecule has 0 aromatic heterocycles. The van der Waals surface area contributed by atoms with E-state index in [1.807, 2.05) is 0 Å². The molecule has 0 aliphatic heterocycles. The Kier molecular flexibility index (Phi) is 5.47. The van der Waals surface area contributed by atoms with Gasteiger partial charge in [0, 0.05) is 16.6 Å². The van der Waals surface area contributed by atoms with Gasteiger partial charge >= 0.3 is 0 Å². The lowest BCUT2D eigenvalue weighted by Gasteiger charge is -2.34. The largest absolute Gasteiger partial charge is 0.307 e. The van der Waals surface area contributed by atoms with Gasteiger partial charge in [-0.2, -0.15) is 0 Å². The minimum absolute atomic E-state index is 0.438. The quantitative estimate of drug-likeness (QED) is 0.791. The minimum atomic E-state index is 0.438. The lowest BCUT2D eigenvalue weighted by atomic mass is 9.79. The summed E-state index contributed by atoms with van der Waals surface area (Å²) in [5.74, 6) is 1.73. The molecule has 0 heterocycles. The fourth-order valence-electron chi connectivity index (χ4n) is 3.21. The monoisotopic (exact) mass is 323 g/mol. The SMILES string of the molecule is CC(C)C1CCCC(N[C@H](C)c2cccc(Br)c2)C1. The minimum Gasteiger partial charge on any atom is -0.307 e. The van der Waals surface area contributed by atoms with Gasteiger partial charge in [-0.1, -0.05) is 54.8 Å². The van der Waals surface area contributed by atoms with E-state index in [2.05, 4.69) is 66.3 Å². The van der Waals surface area contributed by atoms with Crippen molar-refractivity contribution in [1.29, 1.82) is 0 Å². The zero-order chi connectivity index (χ0) is 13.8. The summed E-state index contributed by atoms with van der Waals surface area (Å²) >= 11 is 3.56. The predicted octanol–water partition coefficient (Wildman–Crippen LogP) is 5.31. The molecule has 0 bridgehead atoms. The molecule has 0 amide bonds. The maximum Gasteiger partial charge on any atom is 0.0294 e. The molecule has 3 atom stereocenters. The summed E-state index contributed by atoms with van der Waals surface area (Å²) in [5.41, 5.74) is 1.38. The molecule has 1 aromatic carbocycles. The van der Waals surface area contributed by atoms with E-state index in [-0.39, 0.29) is 0 Å². The lowest BCUT2D eigenvalue weighted by molar-refractivity contribution is 0.223. The Balaban J connectivity index is 1.93. The van der Waals surface area contributed by atoms with E-state index < -0.39 is 0 Å². The van der Waals surface area contributed by atoms with Crippen molar-refractivity contribution in [3.8, 4) is 0 Å². The van der Waals surface area contributed by atoms with Crippen LogP contribution in [-0.2, 0) is 0 Å². The molecule has 106 valence electrons. The molecular weight excluding hydrogens is 298 g/mol. The molecule has 0 spiro atoms. The average Bonchev–Trinajstić information content (AvgIpc) is 2.39. The number of benzene rings is 1. The molecule has 1 aliphatic carbocycles. The van der Waals surface area contributed by atoms with Crippen molar-refractivity contribution in [2.24, 2.45) is 11.8 Å². The standard InChI is InChI=1S/C17H26BrN/c1-12(2)14-6-5-9-17(11-14)19-13(3)15-7-4-8-16(18)10-15/h4,7-8,10,12-14,17,19H,5-6,9,11H2,1-3H3/t13-,14?,17?/m1/s1. The van der Waals surface area contributed by atoms with Crippen LogP contribution in [-0.4, -0.2) is 6.04 Å². The number of nitrogens with one attached hydrogen (secondary N) is 1. The number of halogens is 1. The summed E-state index contributed by atoms with van der Waals surface area (Å²) in [6, 6.07) is 9.77. The summed E-state index contributed by atoms with van der Waals surface area (Å²) < 4.78 is 1.17. The summed E-state index contributed by atoms with van der Waals surface area (Å²) in [7, 11) is 0. The third-order valence-electron chi connectivity index (χ3n) is 4.49. The molecule has 1 aromatic rings. The molecule has 1 nitrogen and oxygen atoms in total. The van der Waals surface area contributed by atoms with Gasteiger partial charge in [0.1, 0.15) is 0 Å². The summed E-state index contributed by atoms with van der Waals surface area (Å²) in [5, 5.41) is 3.83. The molecule has 1 fully saturated rings. The summed E-state index contributed by atoms with van der Waals surface area (Å²) in [6.07, 6.45) is 5.48. The molecule has 19 heavy (non-hydrogen) atoms. The maximum absolute atomic E-state index is 3.83. The Morgan fingerprint density at radius 3 is 2.68 bits per heavy atom. The molecular formula is C17H26BrN. The number of rotatable bonds is 4. The van der Waals surface area contributed by atoms with E-state index in [1.54, 1.807) is 0 Å². The van der Waals surface area contributed by atoms with E-state index in [9.17, 15) is 0 Å². The van der Waals surface area contributed by atoms with Crippen LogP contribution in [0.25, 0.3) is 0 Å². The van der Waals surface area contributed by atoms with Crippen LogP contribution in [0.1, 0.15) is 58.1 Å². The average molecular weight is 324 g/mol. The topological polar surface area (TPSA) is 12.0 Å². The fourth-order valence-corrected chi connectivity index (χ4v) is 3.63. The van der Waals surface area contributed by atoms with E-state index in [4.69, 9.17) is 0 Å². The third-order valence-corrected chi connectivity index (χ3v) is 4.99.